The van der Waals surface area contributed by atoms with Crippen LogP contribution < -0.4 is 11.1 Å². The van der Waals surface area contributed by atoms with E-state index < -0.39 is 12.1 Å². The largest absolute Gasteiger partial charge is 0.370 e. The predicted molar refractivity (Wildman–Crippen MR) is 161 cm³/mol. The predicted octanol–water partition coefficient (Wildman–Crippen LogP) is 3.83. The van der Waals surface area contributed by atoms with Crippen molar-refractivity contribution in [2.45, 2.75) is 57.5 Å². The summed E-state index contributed by atoms with van der Waals surface area (Å²) in [6, 6.07) is 16.1. The third-order valence-corrected chi connectivity index (χ3v) is 9.26. The summed E-state index contributed by atoms with van der Waals surface area (Å²) < 4.78 is 0.918. The molecule has 4 atom stereocenters. The lowest BCUT2D eigenvalue weighted by Gasteiger charge is -2.35. The maximum atomic E-state index is 13.9. The second-order valence-corrected chi connectivity index (χ2v) is 12.3. The van der Waals surface area contributed by atoms with Crippen LogP contribution in [0.2, 0.25) is 0 Å². The molecule has 4 N–H and O–H groups in total. The number of hydrogen-bond donors (Lipinski definition) is 3. The van der Waals surface area contributed by atoms with Crippen LogP contribution in [0.5, 0.6) is 0 Å². The van der Waals surface area contributed by atoms with Gasteiger partial charge in [0.15, 0.2) is 11.0 Å². The summed E-state index contributed by atoms with van der Waals surface area (Å²) in [7, 11) is 0. The minimum Gasteiger partial charge on any atom is -0.370 e. The number of ketones is 1. The van der Waals surface area contributed by atoms with Crippen LogP contribution in [-0.4, -0.2) is 70.1 Å². The van der Waals surface area contributed by atoms with Crippen LogP contribution in [0.4, 0.5) is 0 Å². The van der Waals surface area contributed by atoms with Gasteiger partial charge in [-0.25, -0.2) is 4.98 Å². The Morgan fingerprint density at radius 1 is 1.07 bits per heavy atom. The van der Waals surface area contributed by atoms with Crippen LogP contribution in [0.25, 0.3) is 10.2 Å². The van der Waals surface area contributed by atoms with E-state index in [1.165, 1.54) is 11.3 Å². The fourth-order valence-corrected chi connectivity index (χ4v) is 7.04. The maximum absolute atomic E-state index is 13.9. The van der Waals surface area contributed by atoms with Gasteiger partial charge in [-0.1, -0.05) is 49.4 Å². The monoisotopic (exact) mass is 574 g/mol. The Balaban J connectivity index is 1.32. The van der Waals surface area contributed by atoms with Crippen LogP contribution >= 0.6 is 11.3 Å². The molecule has 2 saturated heterocycles. The Bertz CT molecular complexity index is 1380. The van der Waals surface area contributed by atoms with E-state index in [9.17, 15) is 14.4 Å². The van der Waals surface area contributed by atoms with Crippen molar-refractivity contribution in [3.63, 3.8) is 0 Å². The van der Waals surface area contributed by atoms with E-state index in [4.69, 9.17) is 11.1 Å². The molecule has 3 aromatic rings. The zero-order valence-electron chi connectivity index (χ0n) is 23.4. The average molecular weight is 575 g/mol. The van der Waals surface area contributed by atoms with E-state index >= 15 is 0 Å². The van der Waals surface area contributed by atoms with Gasteiger partial charge in [0.25, 0.3) is 0 Å². The van der Waals surface area contributed by atoms with E-state index in [2.05, 4.69) is 10.3 Å². The highest BCUT2D eigenvalue weighted by Gasteiger charge is 2.38. The van der Waals surface area contributed by atoms with Gasteiger partial charge in [-0.2, -0.15) is 0 Å². The van der Waals surface area contributed by atoms with Gasteiger partial charge in [0.2, 0.25) is 17.6 Å². The first-order chi connectivity index (χ1) is 19.8. The molecule has 10 heteroatoms. The Morgan fingerprint density at radius 2 is 1.80 bits per heavy atom. The number of guanidine groups is 1. The van der Waals surface area contributed by atoms with Crippen molar-refractivity contribution in [3.8, 4) is 0 Å². The van der Waals surface area contributed by atoms with Crippen molar-refractivity contribution in [2.24, 2.45) is 17.6 Å². The molecule has 0 radical (unpaired) electrons. The minimum absolute atomic E-state index is 0.0255. The van der Waals surface area contributed by atoms with Crippen molar-refractivity contribution in [3.05, 3.63) is 65.2 Å². The summed E-state index contributed by atoms with van der Waals surface area (Å²) in [6.45, 7) is 3.73. The number of hydrogen-bond acceptors (Lipinski definition) is 6. The zero-order chi connectivity index (χ0) is 28.9. The lowest BCUT2D eigenvalue weighted by molar-refractivity contribution is -0.141. The molecule has 5 rings (SSSR count). The number of likely N-dealkylation sites (tertiary alicyclic amines) is 2. The highest BCUT2D eigenvalue weighted by Crippen LogP contribution is 2.27. The molecular formula is C31H38N6O3S. The molecular weight excluding hydrogens is 536 g/mol. The minimum atomic E-state index is -0.778. The summed E-state index contributed by atoms with van der Waals surface area (Å²) in [5, 5.41) is 11.3. The Labute approximate surface area is 244 Å². The number of piperidine rings is 1. The van der Waals surface area contributed by atoms with Gasteiger partial charge in [0, 0.05) is 25.6 Å². The molecule has 0 bridgehead atoms. The molecule has 2 fully saturated rings. The Morgan fingerprint density at radius 3 is 2.56 bits per heavy atom. The fraction of sp³-hybridized carbons (Fsp3) is 0.452. The quantitative estimate of drug-likeness (QED) is 0.202. The van der Waals surface area contributed by atoms with Crippen molar-refractivity contribution in [2.75, 3.05) is 19.6 Å². The first-order valence-corrected chi connectivity index (χ1v) is 15.3. The molecule has 2 amide bonds. The molecule has 216 valence electrons. The van der Waals surface area contributed by atoms with Gasteiger partial charge in [0.05, 0.1) is 16.3 Å². The molecule has 2 aliphatic rings. The average Bonchev–Trinajstić information content (AvgIpc) is 3.64. The number of nitrogens with zero attached hydrogens (tertiary/aromatic N) is 3. The molecule has 41 heavy (non-hydrogen) atoms. The molecule has 0 saturated carbocycles. The highest BCUT2D eigenvalue weighted by atomic mass is 32.1. The van der Waals surface area contributed by atoms with Crippen molar-refractivity contribution >= 4 is 45.1 Å². The van der Waals surface area contributed by atoms with Crippen LogP contribution in [0.15, 0.2) is 54.6 Å². The number of nitrogens with one attached hydrogen (secondary N) is 2. The summed E-state index contributed by atoms with van der Waals surface area (Å²) >= 11 is 1.33. The van der Waals surface area contributed by atoms with E-state index in [1.54, 1.807) is 4.90 Å². The summed E-state index contributed by atoms with van der Waals surface area (Å²) in [6.07, 6.45) is 4.10. The molecule has 3 heterocycles. The second kappa shape index (κ2) is 12.8. The van der Waals surface area contributed by atoms with Crippen LogP contribution in [0, 0.1) is 17.2 Å². The Kier molecular flexibility index (Phi) is 8.97. The number of Topliss-reactive ketones (excluding diaryl/α,β-unsaturated/α-hetero) is 1. The van der Waals surface area contributed by atoms with Gasteiger partial charge in [-0.05, 0) is 62.1 Å². The molecule has 0 spiro atoms. The highest BCUT2D eigenvalue weighted by molar-refractivity contribution is 7.20. The van der Waals surface area contributed by atoms with Crippen molar-refractivity contribution < 1.29 is 14.4 Å². The number of nitrogens with two attached hydrogens (primary N) is 1. The zero-order valence-corrected chi connectivity index (χ0v) is 24.2. The summed E-state index contributed by atoms with van der Waals surface area (Å²) in [5.41, 5.74) is 7.60. The van der Waals surface area contributed by atoms with E-state index in [-0.39, 0.29) is 35.4 Å². The van der Waals surface area contributed by atoms with Crippen LogP contribution in [0.3, 0.4) is 0 Å². The number of rotatable bonds is 9. The van der Waals surface area contributed by atoms with E-state index in [1.807, 2.05) is 66.4 Å². The lowest BCUT2D eigenvalue weighted by atomic mass is 9.89. The smallest absolute Gasteiger partial charge is 0.243 e. The number of benzene rings is 2. The number of carbonyl (C=O) groups excluding carboxylic acids is 3. The number of aromatic nitrogens is 1. The van der Waals surface area contributed by atoms with Crippen molar-refractivity contribution in [1.82, 2.24) is 20.1 Å². The molecule has 1 aromatic heterocycles. The lowest BCUT2D eigenvalue weighted by Crippen LogP contribution is -2.53. The number of fused-ring (bicyclic) bond motifs is 1. The van der Waals surface area contributed by atoms with Crippen LogP contribution in [-0.2, 0) is 16.0 Å². The van der Waals surface area contributed by atoms with Gasteiger partial charge in [-0.3, -0.25) is 19.8 Å². The first kappa shape index (κ1) is 28.7. The SMILES string of the molecule is C[C@H](Cc1ccccc1)C(=O)N1CCC[C@H]1C(=O)N[C@@H](CC1CCCN(C(=N)N)C1)C(=O)c1nc2ccccc2s1. The van der Waals surface area contributed by atoms with E-state index in [0.29, 0.717) is 37.4 Å². The number of amides is 2. The molecule has 2 aliphatic heterocycles. The summed E-state index contributed by atoms with van der Waals surface area (Å²) in [4.78, 5) is 49.1. The number of carbonyl (C=O) groups is 3. The standard InChI is InChI=1S/C31H38N6O3S/c1-20(17-21-9-3-2-4-10-21)30(40)37-16-8-13-25(37)28(39)34-24(18-22-11-7-15-36(19-22)31(32)33)27(38)29-35-23-12-5-6-14-26(23)41-29/h2-6,9-10,12,14,20,22,24-25H,7-8,11,13,15-19H2,1H3,(H3,32,33)(H,34,39)/t20-,22?,24+,25+/m1/s1. The number of thiazole rings is 1. The van der Waals surface area contributed by atoms with Crippen LogP contribution in [0.1, 0.15) is 54.4 Å². The molecule has 1 unspecified atom stereocenters. The Hall–Kier alpha value is -3.79. The molecule has 9 nitrogen and oxygen atoms in total. The number of para-hydroxylation sites is 1. The van der Waals surface area contributed by atoms with Gasteiger partial charge < -0.3 is 20.9 Å². The second-order valence-electron chi connectivity index (χ2n) is 11.3. The third-order valence-electron chi connectivity index (χ3n) is 8.21. The third kappa shape index (κ3) is 6.75. The molecule has 0 aliphatic carbocycles. The maximum Gasteiger partial charge on any atom is 0.243 e. The van der Waals surface area contributed by atoms with E-state index in [0.717, 1.165) is 41.6 Å². The fourth-order valence-electron chi connectivity index (χ4n) is 6.08. The summed E-state index contributed by atoms with van der Waals surface area (Å²) in [5.74, 6) is -0.689. The topological polar surface area (TPSA) is 132 Å². The van der Waals surface area contributed by atoms with Crippen molar-refractivity contribution in [1.29, 1.82) is 5.41 Å². The van der Waals surface area contributed by atoms with Gasteiger partial charge in [-0.15, -0.1) is 11.3 Å². The first-order valence-electron chi connectivity index (χ1n) is 14.4. The van der Waals surface area contributed by atoms with Gasteiger partial charge >= 0.3 is 0 Å². The van der Waals surface area contributed by atoms with Gasteiger partial charge in [0.1, 0.15) is 6.04 Å². The molecule has 2 aromatic carbocycles. The normalized spacial score (nSPS) is 20.5.